The highest BCUT2D eigenvalue weighted by Gasteiger charge is 2.90. The van der Waals surface area contributed by atoms with E-state index in [1.165, 1.54) is 0 Å². The molecule has 4 rings (SSSR count). The number of fused-ring (bicyclic) bond motifs is 1. The number of hydrogen-bond donors (Lipinski definition) is 2. The zero-order valence-electron chi connectivity index (χ0n) is 11.8. The SMILES string of the molecule is CC1(C)C[C@H]2[C@H](O)[C@]34COC(=O)[C@]3(C4)[C@@](C)(O)[C@H]2C1. The maximum atomic E-state index is 12.2. The number of ether oxygens (including phenoxy) is 1. The Balaban J connectivity index is 1.85. The summed E-state index contributed by atoms with van der Waals surface area (Å²) >= 11 is 0. The van der Waals surface area contributed by atoms with Crippen molar-refractivity contribution in [1.82, 2.24) is 0 Å². The molecule has 6 atom stereocenters. The van der Waals surface area contributed by atoms with E-state index in [1.807, 2.05) is 0 Å². The third-order valence-electron chi connectivity index (χ3n) is 6.75. The largest absolute Gasteiger partial charge is 0.464 e. The molecule has 1 heterocycles. The number of aliphatic hydroxyl groups excluding tert-OH is 1. The van der Waals surface area contributed by atoms with Gasteiger partial charge in [0.15, 0.2) is 0 Å². The van der Waals surface area contributed by atoms with Crippen LogP contribution in [0, 0.1) is 28.1 Å². The molecule has 0 aromatic heterocycles. The molecule has 1 saturated heterocycles. The molecule has 4 nitrogen and oxygen atoms in total. The van der Waals surface area contributed by atoms with E-state index in [1.54, 1.807) is 6.92 Å². The van der Waals surface area contributed by atoms with Gasteiger partial charge in [-0.2, -0.15) is 0 Å². The van der Waals surface area contributed by atoms with Crippen LogP contribution in [0.3, 0.4) is 0 Å². The maximum absolute atomic E-state index is 12.2. The molecule has 0 unspecified atom stereocenters. The third-order valence-corrected chi connectivity index (χ3v) is 6.75. The quantitative estimate of drug-likeness (QED) is 0.644. The van der Waals surface area contributed by atoms with Gasteiger partial charge in [0.1, 0.15) is 12.0 Å². The lowest BCUT2D eigenvalue weighted by Gasteiger charge is -2.47. The minimum Gasteiger partial charge on any atom is -0.464 e. The van der Waals surface area contributed by atoms with Crippen molar-refractivity contribution in [1.29, 1.82) is 0 Å². The summed E-state index contributed by atoms with van der Waals surface area (Å²) in [6.07, 6.45) is 1.87. The molecular formula is C15H22O4. The summed E-state index contributed by atoms with van der Waals surface area (Å²) < 4.78 is 5.21. The highest BCUT2D eigenvalue weighted by molar-refractivity contribution is 5.87. The van der Waals surface area contributed by atoms with Gasteiger partial charge in [-0.3, -0.25) is 4.79 Å². The molecule has 19 heavy (non-hydrogen) atoms. The average Bonchev–Trinajstić information content (AvgIpc) is 2.80. The molecule has 0 aromatic rings. The molecule has 0 radical (unpaired) electrons. The van der Waals surface area contributed by atoms with E-state index in [2.05, 4.69) is 13.8 Å². The highest BCUT2D eigenvalue weighted by Crippen LogP contribution is 2.81. The molecule has 4 aliphatic rings. The van der Waals surface area contributed by atoms with Crippen LogP contribution in [0.15, 0.2) is 0 Å². The van der Waals surface area contributed by atoms with Crippen molar-refractivity contribution in [3.8, 4) is 0 Å². The molecule has 0 aromatic carbocycles. The van der Waals surface area contributed by atoms with E-state index in [0.717, 1.165) is 12.8 Å². The van der Waals surface area contributed by atoms with E-state index in [0.29, 0.717) is 6.42 Å². The van der Waals surface area contributed by atoms with Gasteiger partial charge in [0.05, 0.1) is 17.1 Å². The van der Waals surface area contributed by atoms with E-state index < -0.39 is 22.5 Å². The Labute approximate surface area is 113 Å². The lowest BCUT2D eigenvalue weighted by Crippen LogP contribution is -2.58. The van der Waals surface area contributed by atoms with Gasteiger partial charge in [-0.05, 0) is 43.4 Å². The number of aliphatic hydroxyl groups is 2. The summed E-state index contributed by atoms with van der Waals surface area (Å²) in [7, 11) is 0. The number of esters is 1. The summed E-state index contributed by atoms with van der Waals surface area (Å²) in [5.41, 5.74) is -2.25. The van der Waals surface area contributed by atoms with Crippen molar-refractivity contribution < 1.29 is 19.7 Å². The Morgan fingerprint density at radius 3 is 2.63 bits per heavy atom. The van der Waals surface area contributed by atoms with Crippen LogP contribution < -0.4 is 0 Å². The van der Waals surface area contributed by atoms with Gasteiger partial charge in [0.25, 0.3) is 0 Å². The number of cyclic esters (lactones) is 1. The Kier molecular flexibility index (Phi) is 1.83. The monoisotopic (exact) mass is 266 g/mol. The molecule has 1 aliphatic heterocycles. The van der Waals surface area contributed by atoms with Crippen molar-refractivity contribution in [2.75, 3.05) is 6.61 Å². The first-order valence-electron chi connectivity index (χ1n) is 7.26. The zero-order valence-corrected chi connectivity index (χ0v) is 11.8. The van der Waals surface area contributed by atoms with Gasteiger partial charge < -0.3 is 14.9 Å². The summed E-state index contributed by atoms with van der Waals surface area (Å²) in [4.78, 5) is 12.2. The molecule has 106 valence electrons. The fourth-order valence-corrected chi connectivity index (χ4v) is 5.81. The van der Waals surface area contributed by atoms with Crippen molar-refractivity contribution in [2.45, 2.75) is 51.7 Å². The Hall–Kier alpha value is -0.610. The summed E-state index contributed by atoms with van der Waals surface area (Å²) in [6.45, 7) is 6.45. The second-order valence-electron chi connectivity index (χ2n) is 8.25. The predicted octanol–water partition coefficient (Wildman–Crippen LogP) is 1.10. The number of carbonyl (C=O) groups excluding carboxylic acids is 1. The number of rotatable bonds is 0. The van der Waals surface area contributed by atoms with Crippen molar-refractivity contribution in [3.05, 3.63) is 0 Å². The molecular weight excluding hydrogens is 244 g/mol. The lowest BCUT2D eigenvalue weighted by molar-refractivity contribution is -0.172. The molecule has 3 aliphatic carbocycles. The van der Waals surface area contributed by atoms with E-state index in [9.17, 15) is 15.0 Å². The molecule has 3 saturated carbocycles. The Morgan fingerprint density at radius 1 is 1.26 bits per heavy atom. The number of hydrogen-bond acceptors (Lipinski definition) is 4. The topological polar surface area (TPSA) is 66.8 Å². The van der Waals surface area contributed by atoms with Crippen LogP contribution in [0.1, 0.15) is 40.0 Å². The molecule has 4 heteroatoms. The zero-order chi connectivity index (χ0) is 13.8. The van der Waals surface area contributed by atoms with Crippen LogP contribution in [0.5, 0.6) is 0 Å². The first-order valence-corrected chi connectivity index (χ1v) is 7.26. The molecule has 2 N–H and O–H groups in total. The van der Waals surface area contributed by atoms with Gasteiger partial charge in [-0.1, -0.05) is 13.8 Å². The standard InChI is InChI=1S/C15H22O4/c1-12(2)4-8-9(5-12)13(3,18)15-6-14(15,10(8)16)7-19-11(15)17/h8-10,16,18H,4-7H2,1-3H3/t8-,9+,10+,13+,14+,15-/m1/s1. The van der Waals surface area contributed by atoms with Gasteiger partial charge in [0, 0.05) is 0 Å². The van der Waals surface area contributed by atoms with E-state index >= 15 is 0 Å². The van der Waals surface area contributed by atoms with Crippen LogP contribution in [0.2, 0.25) is 0 Å². The van der Waals surface area contributed by atoms with Crippen molar-refractivity contribution in [2.24, 2.45) is 28.1 Å². The molecule has 0 bridgehead atoms. The van der Waals surface area contributed by atoms with Gasteiger partial charge in [0.2, 0.25) is 0 Å². The van der Waals surface area contributed by atoms with Crippen LogP contribution in [0.4, 0.5) is 0 Å². The smallest absolute Gasteiger partial charge is 0.315 e. The maximum Gasteiger partial charge on any atom is 0.315 e. The van der Waals surface area contributed by atoms with Crippen LogP contribution in [-0.2, 0) is 9.53 Å². The van der Waals surface area contributed by atoms with E-state index in [-0.39, 0.29) is 29.8 Å². The highest BCUT2D eigenvalue weighted by atomic mass is 16.5. The number of carbonyl (C=O) groups is 1. The fourth-order valence-electron chi connectivity index (χ4n) is 5.81. The second-order valence-corrected chi connectivity index (χ2v) is 8.25. The van der Waals surface area contributed by atoms with Crippen LogP contribution in [-0.4, -0.2) is 34.5 Å². The third kappa shape index (κ3) is 1.03. The first kappa shape index (κ1) is 12.2. The summed E-state index contributed by atoms with van der Waals surface area (Å²) in [5, 5.41) is 21.9. The lowest BCUT2D eigenvalue weighted by atomic mass is 9.60. The fraction of sp³-hybridized carbons (Fsp3) is 0.933. The predicted molar refractivity (Wildman–Crippen MR) is 67.1 cm³/mol. The Morgan fingerprint density at radius 2 is 1.95 bits per heavy atom. The first-order chi connectivity index (χ1) is 8.68. The van der Waals surface area contributed by atoms with Gasteiger partial charge in [-0.15, -0.1) is 0 Å². The minimum absolute atomic E-state index is 0.00113. The Bertz CT molecular complexity index is 483. The minimum atomic E-state index is -1.04. The van der Waals surface area contributed by atoms with Crippen molar-refractivity contribution in [3.63, 3.8) is 0 Å². The second kappa shape index (κ2) is 2.86. The molecule has 4 fully saturated rings. The van der Waals surface area contributed by atoms with Gasteiger partial charge >= 0.3 is 5.97 Å². The van der Waals surface area contributed by atoms with Crippen LogP contribution >= 0.6 is 0 Å². The summed E-state index contributed by atoms with van der Waals surface area (Å²) in [5.74, 6) is -0.200. The van der Waals surface area contributed by atoms with Crippen molar-refractivity contribution >= 4 is 5.97 Å². The summed E-state index contributed by atoms with van der Waals surface area (Å²) in [6, 6.07) is 0. The molecule has 0 amide bonds. The van der Waals surface area contributed by atoms with E-state index in [4.69, 9.17) is 4.74 Å². The average molecular weight is 266 g/mol. The van der Waals surface area contributed by atoms with Crippen LogP contribution in [0.25, 0.3) is 0 Å². The van der Waals surface area contributed by atoms with Gasteiger partial charge in [-0.25, -0.2) is 0 Å². The molecule has 0 spiro atoms. The normalized spacial score (nSPS) is 61.1.